The van der Waals surface area contributed by atoms with Gasteiger partial charge in [-0.2, -0.15) is 5.10 Å². The molecular formula is C16H14ClIN7OP. The Hall–Kier alpha value is -1.97. The van der Waals surface area contributed by atoms with Crippen molar-refractivity contribution in [3.8, 4) is 17.1 Å². The van der Waals surface area contributed by atoms with Crippen LogP contribution in [-0.4, -0.2) is 36.2 Å². The molecule has 1 aromatic carbocycles. The van der Waals surface area contributed by atoms with Gasteiger partial charge in [-0.3, -0.25) is 9.02 Å². The third-order valence-electron chi connectivity index (χ3n) is 3.89. The average molecular weight is 514 g/mol. The minimum atomic E-state index is 0.392. The fraction of sp³-hybridized carbons (Fsp3) is 0.125. The van der Waals surface area contributed by atoms with Crippen molar-refractivity contribution >= 4 is 62.6 Å². The first-order valence-electron chi connectivity index (χ1n) is 7.81. The van der Waals surface area contributed by atoms with E-state index in [1.807, 2.05) is 29.6 Å². The first-order valence-corrected chi connectivity index (χ1v) is 12.2. The highest BCUT2D eigenvalue weighted by molar-refractivity contribution is 14.2. The average Bonchev–Trinajstić information content (AvgIpc) is 3.27. The monoisotopic (exact) mass is 513 g/mol. The van der Waals surface area contributed by atoms with Crippen LogP contribution in [0, 0.1) is 0 Å². The van der Waals surface area contributed by atoms with Crippen LogP contribution in [0.4, 0.5) is 11.4 Å². The first-order chi connectivity index (χ1) is 13.1. The number of pyridine rings is 1. The topological polar surface area (TPSA) is 82.7 Å². The molecule has 3 aromatic heterocycles. The second-order valence-corrected chi connectivity index (χ2v) is 8.10. The van der Waals surface area contributed by atoms with E-state index >= 15 is 0 Å². The Balaban J connectivity index is 1.82. The summed E-state index contributed by atoms with van der Waals surface area (Å²) in [6.45, 7) is 0. The lowest BCUT2D eigenvalue weighted by atomic mass is 10.1. The van der Waals surface area contributed by atoms with Gasteiger partial charge in [0.1, 0.15) is 23.3 Å². The molecule has 4 aromatic rings. The third kappa shape index (κ3) is 3.46. The molecule has 0 saturated carbocycles. The number of aromatic nitrogens is 6. The van der Waals surface area contributed by atoms with E-state index in [0.29, 0.717) is 23.1 Å². The van der Waals surface area contributed by atoms with Crippen LogP contribution in [0.1, 0.15) is 0 Å². The maximum atomic E-state index is 6.23. The summed E-state index contributed by atoms with van der Waals surface area (Å²) in [6.07, 6.45) is 3.89. The lowest BCUT2D eigenvalue weighted by Gasteiger charge is -2.14. The van der Waals surface area contributed by atoms with Gasteiger partial charge in [0.15, 0.2) is 17.2 Å². The van der Waals surface area contributed by atoms with Crippen LogP contribution >= 0.6 is 40.0 Å². The molecule has 4 rings (SSSR count). The summed E-state index contributed by atoms with van der Waals surface area (Å²) in [5, 5.41) is 8.13. The minimum absolute atomic E-state index is 0.392. The van der Waals surface area contributed by atoms with Gasteiger partial charge in [0.05, 0.1) is 30.4 Å². The molecule has 27 heavy (non-hydrogen) atoms. The number of hydrogen-bond acceptors (Lipinski definition) is 6. The molecule has 1 unspecified atom stereocenters. The van der Waals surface area contributed by atoms with Crippen LogP contribution < -0.4 is 10.1 Å². The second-order valence-electron chi connectivity index (χ2n) is 5.62. The fourth-order valence-electron chi connectivity index (χ4n) is 2.76. The predicted octanol–water partition coefficient (Wildman–Crippen LogP) is 4.42. The number of benzene rings is 1. The van der Waals surface area contributed by atoms with Crippen LogP contribution in [0.5, 0.6) is 5.75 Å². The third-order valence-corrected chi connectivity index (χ3v) is 6.16. The lowest BCUT2D eigenvalue weighted by molar-refractivity contribution is 0.418. The number of para-hydroxylation sites is 1. The number of anilines is 2. The van der Waals surface area contributed by atoms with Gasteiger partial charge in [-0.25, -0.2) is 15.0 Å². The molecule has 0 fully saturated rings. The van der Waals surface area contributed by atoms with Gasteiger partial charge in [-0.15, -0.1) is 0 Å². The van der Waals surface area contributed by atoms with Gasteiger partial charge in [0, 0.05) is 13.1 Å². The van der Waals surface area contributed by atoms with E-state index in [-0.39, 0.29) is 0 Å². The van der Waals surface area contributed by atoms with Crippen molar-refractivity contribution < 1.29 is 4.74 Å². The Labute approximate surface area is 174 Å². The molecule has 11 heteroatoms. The number of halogens is 2. The molecule has 0 amide bonds. The van der Waals surface area contributed by atoms with Crippen molar-refractivity contribution in [2.75, 3.05) is 12.4 Å². The summed E-state index contributed by atoms with van der Waals surface area (Å²) in [5.74, 6) is 1.23. The maximum Gasteiger partial charge on any atom is 0.184 e. The normalized spacial score (nSPS) is 11.6. The van der Waals surface area contributed by atoms with Crippen LogP contribution in [0.2, 0.25) is 5.15 Å². The smallest absolute Gasteiger partial charge is 0.184 e. The lowest BCUT2D eigenvalue weighted by Crippen LogP contribution is -1.99. The number of fused-ring (bicyclic) bond motifs is 1. The molecule has 0 bridgehead atoms. The molecule has 0 saturated heterocycles. The molecule has 138 valence electrons. The Morgan fingerprint density at radius 3 is 2.78 bits per heavy atom. The summed E-state index contributed by atoms with van der Waals surface area (Å²) in [6, 6.07) is 7.51. The van der Waals surface area contributed by atoms with Crippen molar-refractivity contribution in [1.29, 1.82) is 0 Å². The Morgan fingerprint density at radius 2 is 2.07 bits per heavy atom. The van der Waals surface area contributed by atoms with Crippen molar-refractivity contribution in [2.24, 2.45) is 7.05 Å². The molecule has 0 spiro atoms. The first kappa shape index (κ1) is 18.4. The van der Waals surface area contributed by atoms with E-state index in [1.54, 1.807) is 30.5 Å². The Bertz CT molecular complexity index is 1130. The van der Waals surface area contributed by atoms with E-state index in [1.165, 1.54) is 0 Å². The molecule has 0 aliphatic heterocycles. The number of nitrogens with one attached hydrogen (secondary N) is 1. The highest BCUT2D eigenvalue weighted by Crippen LogP contribution is 2.38. The molecule has 1 N–H and O–H groups in total. The van der Waals surface area contributed by atoms with Crippen LogP contribution in [-0.2, 0) is 7.05 Å². The number of nitrogens with zero attached hydrogens (tertiary/aromatic N) is 6. The van der Waals surface area contributed by atoms with E-state index < -0.39 is 0 Å². The second kappa shape index (κ2) is 7.57. The van der Waals surface area contributed by atoms with Gasteiger partial charge >= 0.3 is 0 Å². The SMILES string of the molecule is COc1c(Nc2cc(Cl)nc3c2ncn3PI)cccc1-c1ncn(C)n1. The van der Waals surface area contributed by atoms with E-state index in [0.717, 1.165) is 28.1 Å². The highest BCUT2D eigenvalue weighted by atomic mass is 127. The summed E-state index contributed by atoms with van der Waals surface area (Å²) < 4.78 is 9.26. The van der Waals surface area contributed by atoms with Gasteiger partial charge < -0.3 is 10.1 Å². The number of aryl methyl sites for hydroxylation is 1. The predicted molar refractivity (Wildman–Crippen MR) is 117 cm³/mol. The van der Waals surface area contributed by atoms with Crippen LogP contribution in [0.15, 0.2) is 36.9 Å². The van der Waals surface area contributed by atoms with Crippen molar-refractivity contribution in [3.63, 3.8) is 0 Å². The standard InChI is InChI=1S/C16H14ClIN7OP/c1-24-7-20-15(23-24)9-4-3-5-10(14(9)26-2)21-11-6-12(17)22-16-13(11)19-8-25(16)27-18/h3-8,27H,1-2H3,(H,21,22). The van der Waals surface area contributed by atoms with Gasteiger partial charge in [0.2, 0.25) is 0 Å². The van der Waals surface area contributed by atoms with Gasteiger partial charge in [-0.1, -0.05) is 17.7 Å². The molecular weight excluding hydrogens is 500 g/mol. The summed E-state index contributed by atoms with van der Waals surface area (Å²) in [7, 11) is 3.44. The molecule has 0 aliphatic carbocycles. The largest absolute Gasteiger partial charge is 0.494 e. The quantitative estimate of drug-likeness (QED) is 0.242. The van der Waals surface area contributed by atoms with E-state index in [4.69, 9.17) is 16.3 Å². The Morgan fingerprint density at radius 1 is 1.22 bits per heavy atom. The van der Waals surface area contributed by atoms with Crippen molar-refractivity contribution in [1.82, 2.24) is 29.1 Å². The Kier molecular flexibility index (Phi) is 5.16. The summed E-state index contributed by atoms with van der Waals surface area (Å²) in [4.78, 5) is 13.2. The maximum absolute atomic E-state index is 6.23. The summed E-state index contributed by atoms with van der Waals surface area (Å²) in [5.41, 5.74) is 3.78. The molecule has 0 aliphatic rings. The number of ether oxygens (including phenoxy) is 1. The van der Waals surface area contributed by atoms with Gasteiger partial charge in [-0.05, 0) is 34.2 Å². The molecule has 0 radical (unpaired) electrons. The van der Waals surface area contributed by atoms with Crippen molar-refractivity contribution in [2.45, 2.75) is 0 Å². The van der Waals surface area contributed by atoms with Crippen LogP contribution in [0.25, 0.3) is 22.6 Å². The van der Waals surface area contributed by atoms with Gasteiger partial charge in [0.25, 0.3) is 0 Å². The summed E-state index contributed by atoms with van der Waals surface area (Å²) >= 11 is 8.51. The van der Waals surface area contributed by atoms with Crippen molar-refractivity contribution in [3.05, 3.63) is 42.1 Å². The van der Waals surface area contributed by atoms with E-state index in [9.17, 15) is 0 Å². The molecule has 3 heterocycles. The number of methoxy groups -OCH3 is 1. The minimum Gasteiger partial charge on any atom is -0.494 e. The zero-order valence-corrected chi connectivity index (χ0v) is 18.2. The zero-order chi connectivity index (χ0) is 19.0. The zero-order valence-electron chi connectivity index (χ0n) is 14.3. The number of rotatable bonds is 5. The number of imidazole rings is 1. The number of hydrogen-bond donors (Lipinski definition) is 1. The van der Waals surface area contributed by atoms with E-state index in [2.05, 4.69) is 47.4 Å². The fourth-order valence-corrected chi connectivity index (χ4v) is 4.34. The molecule has 8 nitrogen and oxygen atoms in total. The molecule has 1 atom stereocenters. The highest BCUT2D eigenvalue weighted by Gasteiger charge is 2.17. The van der Waals surface area contributed by atoms with Crippen LogP contribution in [0.3, 0.4) is 0 Å².